The number of carbonyl (C=O) groups is 2. The summed E-state index contributed by atoms with van der Waals surface area (Å²) < 4.78 is 5.42. The summed E-state index contributed by atoms with van der Waals surface area (Å²) >= 11 is 1.44. The largest absolute Gasteiger partial charge is 0.451 e. The van der Waals surface area contributed by atoms with Crippen LogP contribution in [0.2, 0.25) is 0 Å². The molecule has 0 atom stereocenters. The second-order valence-electron chi connectivity index (χ2n) is 6.33. The van der Waals surface area contributed by atoms with Gasteiger partial charge < -0.3 is 15.5 Å². The average molecular weight is 415 g/mol. The van der Waals surface area contributed by atoms with Gasteiger partial charge in [-0.1, -0.05) is 30.0 Å². The number of nitrogens with zero attached hydrogens (tertiary/aromatic N) is 1. The fourth-order valence-electron chi connectivity index (χ4n) is 2.79. The lowest BCUT2D eigenvalue weighted by molar-refractivity contribution is 0.0973. The van der Waals surface area contributed by atoms with E-state index in [0.717, 1.165) is 10.5 Å². The minimum atomic E-state index is -0.620. The zero-order valence-corrected chi connectivity index (χ0v) is 16.6. The van der Waals surface area contributed by atoms with Crippen molar-refractivity contribution in [2.75, 3.05) is 5.32 Å². The number of amides is 2. The van der Waals surface area contributed by atoms with Crippen molar-refractivity contribution in [3.63, 3.8) is 0 Å². The molecule has 0 fully saturated rings. The van der Waals surface area contributed by atoms with Crippen LogP contribution in [0.3, 0.4) is 0 Å². The van der Waals surface area contributed by atoms with Gasteiger partial charge in [-0.3, -0.25) is 9.59 Å². The van der Waals surface area contributed by atoms with Crippen LogP contribution in [0, 0.1) is 0 Å². The summed E-state index contributed by atoms with van der Waals surface area (Å²) in [4.78, 5) is 29.4. The summed E-state index contributed by atoms with van der Waals surface area (Å²) in [6.45, 7) is 0. The highest BCUT2D eigenvalue weighted by Crippen LogP contribution is 2.29. The van der Waals surface area contributed by atoms with Crippen LogP contribution in [-0.2, 0) is 0 Å². The molecule has 0 unspecified atom stereocenters. The fraction of sp³-hybridized carbons (Fsp3) is 0. The lowest BCUT2D eigenvalue weighted by atomic mass is 10.1. The number of primary amides is 1. The van der Waals surface area contributed by atoms with E-state index < -0.39 is 5.91 Å². The fourth-order valence-corrected chi connectivity index (χ4v) is 3.69. The number of hydrogen-bond acceptors (Lipinski definition) is 5. The number of pyridine rings is 1. The van der Waals surface area contributed by atoms with Crippen molar-refractivity contribution < 1.29 is 14.0 Å². The maximum absolute atomic E-state index is 12.8. The van der Waals surface area contributed by atoms with E-state index in [1.807, 2.05) is 30.3 Å². The number of hydrogen-bond donors (Lipinski definition) is 2. The molecule has 0 aliphatic carbocycles. The Morgan fingerprint density at radius 1 is 0.900 bits per heavy atom. The summed E-state index contributed by atoms with van der Waals surface area (Å²) in [5, 5.41) is 3.52. The summed E-state index contributed by atoms with van der Waals surface area (Å²) in [6, 6.07) is 23.6. The monoisotopic (exact) mass is 415 g/mol. The number of aromatic nitrogens is 1. The molecule has 2 aromatic carbocycles. The molecule has 0 aliphatic heterocycles. The first kappa shape index (κ1) is 19.5. The Morgan fingerprint density at radius 2 is 1.67 bits per heavy atom. The topological polar surface area (TPSA) is 98.2 Å². The summed E-state index contributed by atoms with van der Waals surface area (Å²) in [7, 11) is 0. The third-order valence-electron chi connectivity index (χ3n) is 4.25. The van der Waals surface area contributed by atoms with Gasteiger partial charge in [0.15, 0.2) is 5.76 Å². The molecule has 2 amide bonds. The van der Waals surface area contributed by atoms with Gasteiger partial charge >= 0.3 is 0 Å². The van der Waals surface area contributed by atoms with E-state index in [-0.39, 0.29) is 11.7 Å². The molecule has 6 nitrogen and oxygen atoms in total. The van der Waals surface area contributed by atoms with Gasteiger partial charge in [-0.05, 0) is 60.7 Å². The van der Waals surface area contributed by atoms with E-state index in [9.17, 15) is 9.59 Å². The summed E-state index contributed by atoms with van der Waals surface area (Å²) in [5.74, 6) is -0.244. The smallest absolute Gasteiger partial charge is 0.284 e. The molecule has 30 heavy (non-hydrogen) atoms. The molecule has 0 saturated heterocycles. The molecular formula is C23H17N3O3S. The Hall–Kier alpha value is -3.84. The number of furan rings is 1. The number of rotatable bonds is 6. The van der Waals surface area contributed by atoms with Crippen molar-refractivity contribution in [1.82, 2.24) is 4.98 Å². The Balaban J connectivity index is 1.49. The summed E-state index contributed by atoms with van der Waals surface area (Å²) in [5.41, 5.74) is 7.10. The molecule has 0 saturated carbocycles. The number of nitrogens with one attached hydrogen (secondary N) is 1. The van der Waals surface area contributed by atoms with Crippen LogP contribution in [0.4, 0.5) is 5.69 Å². The lowest BCUT2D eigenvalue weighted by Gasteiger charge is -2.09. The van der Waals surface area contributed by atoms with E-state index in [1.54, 1.807) is 48.7 Å². The number of carbonyl (C=O) groups excluding carboxylic acids is 2. The van der Waals surface area contributed by atoms with Crippen LogP contribution in [0.25, 0.3) is 11.3 Å². The molecular weight excluding hydrogens is 398 g/mol. The molecule has 0 spiro atoms. The third kappa shape index (κ3) is 4.42. The Bertz CT molecular complexity index is 1190. The van der Waals surface area contributed by atoms with Crippen LogP contribution in [-0.4, -0.2) is 16.8 Å². The molecule has 2 heterocycles. The normalized spacial score (nSPS) is 10.5. The van der Waals surface area contributed by atoms with Crippen LogP contribution in [0.15, 0.2) is 99.4 Å². The van der Waals surface area contributed by atoms with Crippen molar-refractivity contribution in [3.8, 4) is 11.3 Å². The van der Waals surface area contributed by atoms with Gasteiger partial charge in [0.25, 0.3) is 11.8 Å². The van der Waals surface area contributed by atoms with Crippen molar-refractivity contribution in [2.45, 2.75) is 9.92 Å². The van der Waals surface area contributed by atoms with Gasteiger partial charge in [0.05, 0.1) is 5.56 Å². The summed E-state index contributed by atoms with van der Waals surface area (Å²) in [6.07, 6.45) is 1.67. The molecule has 4 rings (SSSR count). The molecule has 3 N–H and O–H groups in total. The maximum Gasteiger partial charge on any atom is 0.284 e. The second-order valence-corrected chi connectivity index (χ2v) is 7.39. The van der Waals surface area contributed by atoms with Gasteiger partial charge in [0, 0.05) is 22.3 Å². The van der Waals surface area contributed by atoms with Gasteiger partial charge in [-0.2, -0.15) is 0 Å². The standard InChI is InChI=1S/C23H17N3O3S/c24-21(27)20-13-12-19(29-20)15-8-10-16(11-9-15)26-22(28)18-7-4-14-25-23(18)30-17-5-2-1-3-6-17/h1-14H,(H2,24,27)(H,26,28). The van der Waals surface area contributed by atoms with Gasteiger partial charge in [-0.25, -0.2) is 4.98 Å². The first-order valence-electron chi connectivity index (χ1n) is 9.09. The average Bonchev–Trinajstić information content (AvgIpc) is 3.26. The van der Waals surface area contributed by atoms with E-state index in [4.69, 9.17) is 10.2 Å². The van der Waals surface area contributed by atoms with Crippen molar-refractivity contribution in [3.05, 3.63) is 96.4 Å². The van der Waals surface area contributed by atoms with Crippen LogP contribution in [0.1, 0.15) is 20.9 Å². The van der Waals surface area contributed by atoms with E-state index in [0.29, 0.717) is 22.0 Å². The predicted octanol–water partition coefficient (Wildman–Crippen LogP) is 4.84. The maximum atomic E-state index is 12.8. The Kier molecular flexibility index (Phi) is 5.63. The zero-order valence-electron chi connectivity index (χ0n) is 15.7. The van der Waals surface area contributed by atoms with E-state index in [2.05, 4.69) is 10.3 Å². The molecule has 4 aromatic rings. The van der Waals surface area contributed by atoms with Gasteiger partial charge in [0.1, 0.15) is 10.8 Å². The minimum absolute atomic E-state index is 0.0994. The predicted molar refractivity (Wildman–Crippen MR) is 115 cm³/mol. The first-order chi connectivity index (χ1) is 14.6. The molecule has 2 aromatic heterocycles. The highest BCUT2D eigenvalue weighted by Gasteiger charge is 2.14. The number of nitrogens with two attached hydrogens (primary N) is 1. The van der Waals surface area contributed by atoms with E-state index >= 15 is 0 Å². The Morgan fingerprint density at radius 3 is 2.37 bits per heavy atom. The van der Waals surface area contributed by atoms with Gasteiger partial charge in [-0.15, -0.1) is 0 Å². The van der Waals surface area contributed by atoms with Crippen molar-refractivity contribution in [2.24, 2.45) is 5.73 Å². The molecule has 0 bridgehead atoms. The molecule has 0 radical (unpaired) electrons. The molecule has 148 valence electrons. The van der Waals surface area contributed by atoms with Crippen LogP contribution in [0.5, 0.6) is 0 Å². The minimum Gasteiger partial charge on any atom is -0.451 e. The van der Waals surface area contributed by atoms with Crippen molar-refractivity contribution >= 4 is 29.3 Å². The Labute approximate surface area is 177 Å². The van der Waals surface area contributed by atoms with Crippen LogP contribution >= 0.6 is 11.8 Å². The molecule has 0 aliphatic rings. The SMILES string of the molecule is NC(=O)c1ccc(-c2ccc(NC(=O)c3cccnc3Sc3ccccc3)cc2)o1. The van der Waals surface area contributed by atoms with Gasteiger partial charge in [0.2, 0.25) is 0 Å². The number of anilines is 1. The highest BCUT2D eigenvalue weighted by molar-refractivity contribution is 7.99. The van der Waals surface area contributed by atoms with E-state index in [1.165, 1.54) is 17.8 Å². The van der Waals surface area contributed by atoms with Crippen LogP contribution < -0.4 is 11.1 Å². The lowest BCUT2D eigenvalue weighted by Crippen LogP contribution is -2.13. The van der Waals surface area contributed by atoms with Crippen molar-refractivity contribution in [1.29, 1.82) is 0 Å². The zero-order chi connectivity index (χ0) is 20.9. The first-order valence-corrected chi connectivity index (χ1v) is 9.91. The second kappa shape index (κ2) is 8.67. The third-order valence-corrected chi connectivity index (χ3v) is 5.28. The molecule has 7 heteroatoms. The number of benzene rings is 2. The quantitative estimate of drug-likeness (QED) is 0.469. The highest BCUT2D eigenvalue weighted by atomic mass is 32.2.